The predicted octanol–water partition coefficient (Wildman–Crippen LogP) is 2.42. The topological polar surface area (TPSA) is 101 Å². The molecule has 2 aromatic carbocycles. The van der Waals surface area contributed by atoms with E-state index in [0.717, 1.165) is 0 Å². The van der Waals surface area contributed by atoms with Gasteiger partial charge in [0.05, 0.1) is 17.5 Å². The lowest BCUT2D eigenvalue weighted by atomic mass is 10.2. The van der Waals surface area contributed by atoms with Crippen molar-refractivity contribution in [3.8, 4) is 5.75 Å². The smallest absolute Gasteiger partial charge is 0.342 e. The molecule has 2 aromatic rings. The second-order valence-electron chi connectivity index (χ2n) is 6.39. The zero-order valence-electron chi connectivity index (χ0n) is 14.7. The summed E-state index contributed by atoms with van der Waals surface area (Å²) in [4.78, 5) is 26.3. The average Bonchev–Trinajstić information content (AvgIpc) is 3.00. The third kappa shape index (κ3) is 4.63. The molecule has 0 unspecified atom stereocenters. The molecule has 0 aromatic heterocycles. The van der Waals surface area contributed by atoms with Crippen LogP contribution in [0.4, 0.5) is 5.69 Å². The van der Waals surface area contributed by atoms with E-state index in [1.165, 1.54) is 23.1 Å². The predicted molar refractivity (Wildman–Crippen MR) is 104 cm³/mol. The van der Waals surface area contributed by atoms with E-state index in [-0.39, 0.29) is 27.8 Å². The first-order valence-corrected chi connectivity index (χ1v) is 10.7. The molecule has 0 radical (unpaired) electrons. The van der Waals surface area contributed by atoms with Crippen LogP contribution in [0.1, 0.15) is 16.8 Å². The number of amides is 1. The summed E-state index contributed by atoms with van der Waals surface area (Å²) in [5.41, 5.74) is 0.409. The molecular formula is C19H18ClNO6S. The van der Waals surface area contributed by atoms with E-state index in [4.69, 9.17) is 16.3 Å². The van der Waals surface area contributed by atoms with Crippen molar-refractivity contribution in [1.82, 2.24) is 0 Å². The molecule has 0 bridgehead atoms. The Morgan fingerprint density at radius 1 is 1.18 bits per heavy atom. The third-order valence-electron chi connectivity index (χ3n) is 4.38. The van der Waals surface area contributed by atoms with Crippen molar-refractivity contribution in [3.05, 3.63) is 59.1 Å². The molecule has 28 heavy (non-hydrogen) atoms. The highest BCUT2D eigenvalue weighted by molar-refractivity contribution is 7.91. The Morgan fingerprint density at radius 3 is 2.50 bits per heavy atom. The Hall–Kier alpha value is -2.58. The molecular weight excluding hydrogens is 406 g/mol. The first kappa shape index (κ1) is 20.2. The van der Waals surface area contributed by atoms with Crippen LogP contribution in [0, 0.1) is 0 Å². The van der Waals surface area contributed by atoms with Gasteiger partial charge in [0.15, 0.2) is 16.4 Å². The van der Waals surface area contributed by atoms with E-state index < -0.39 is 34.4 Å². The number of halogens is 1. The minimum absolute atomic E-state index is 0.00666. The first-order valence-electron chi connectivity index (χ1n) is 8.50. The second kappa shape index (κ2) is 8.20. The third-order valence-corrected chi connectivity index (χ3v) is 6.37. The zero-order valence-corrected chi connectivity index (χ0v) is 16.3. The van der Waals surface area contributed by atoms with E-state index in [0.29, 0.717) is 12.1 Å². The number of carbonyl (C=O) groups excluding carboxylic acids is 2. The molecule has 1 fully saturated rings. The van der Waals surface area contributed by atoms with Gasteiger partial charge in [-0.25, -0.2) is 13.2 Å². The fraction of sp³-hybridized carbons (Fsp3) is 0.263. The van der Waals surface area contributed by atoms with Gasteiger partial charge in [-0.3, -0.25) is 4.79 Å². The number of hydrogen-bond acceptors (Lipinski definition) is 6. The average molecular weight is 424 g/mol. The lowest BCUT2D eigenvalue weighted by Gasteiger charge is -2.28. The van der Waals surface area contributed by atoms with Gasteiger partial charge in [0.25, 0.3) is 5.91 Å². The largest absolute Gasteiger partial charge is 0.507 e. The second-order valence-corrected chi connectivity index (χ2v) is 9.06. The highest BCUT2D eigenvalue weighted by atomic mass is 35.5. The molecule has 1 aliphatic heterocycles. The number of aromatic hydroxyl groups is 1. The number of anilines is 1. The van der Waals surface area contributed by atoms with Crippen LogP contribution >= 0.6 is 11.6 Å². The molecule has 1 heterocycles. The van der Waals surface area contributed by atoms with Crippen LogP contribution in [0.25, 0.3) is 0 Å². The number of hydrogen-bond donors (Lipinski definition) is 1. The molecule has 148 valence electrons. The van der Waals surface area contributed by atoms with E-state index >= 15 is 0 Å². The fourth-order valence-corrected chi connectivity index (χ4v) is 4.94. The summed E-state index contributed by atoms with van der Waals surface area (Å²) in [6.07, 6.45) is 0.314. The molecule has 0 aliphatic carbocycles. The maximum absolute atomic E-state index is 12.8. The van der Waals surface area contributed by atoms with E-state index in [1.807, 2.05) is 0 Å². The maximum Gasteiger partial charge on any atom is 0.342 e. The zero-order chi connectivity index (χ0) is 20.3. The summed E-state index contributed by atoms with van der Waals surface area (Å²) in [6, 6.07) is 12.0. The van der Waals surface area contributed by atoms with Gasteiger partial charge < -0.3 is 14.7 Å². The lowest BCUT2D eigenvalue weighted by Crippen LogP contribution is -2.43. The first-order chi connectivity index (χ1) is 13.3. The van der Waals surface area contributed by atoms with Crippen molar-refractivity contribution >= 4 is 39.0 Å². The summed E-state index contributed by atoms with van der Waals surface area (Å²) < 4.78 is 28.7. The normalized spacial score (nSPS) is 17.8. The van der Waals surface area contributed by atoms with Gasteiger partial charge in [-0.15, -0.1) is 0 Å². The molecule has 9 heteroatoms. The number of rotatable bonds is 5. The quantitative estimate of drug-likeness (QED) is 0.741. The van der Waals surface area contributed by atoms with Gasteiger partial charge in [-0.05, 0) is 36.8 Å². The van der Waals surface area contributed by atoms with Crippen LogP contribution in [-0.2, 0) is 19.4 Å². The summed E-state index contributed by atoms with van der Waals surface area (Å²) in [5, 5.41) is 10.0. The fourth-order valence-electron chi connectivity index (χ4n) is 3.08. The summed E-state index contributed by atoms with van der Waals surface area (Å²) in [6.45, 7) is -0.591. The number of nitrogens with zero attached hydrogens (tertiary/aromatic N) is 1. The van der Waals surface area contributed by atoms with Crippen LogP contribution in [0.15, 0.2) is 48.5 Å². The SMILES string of the molecule is O=C(OCC(=O)N(c1ccccc1)[C@@H]1CCS(=O)(=O)C1)c1ccc(Cl)cc1O. The van der Waals surface area contributed by atoms with E-state index in [1.54, 1.807) is 30.3 Å². The summed E-state index contributed by atoms with van der Waals surface area (Å²) >= 11 is 5.73. The van der Waals surface area contributed by atoms with Crippen LogP contribution in [0.3, 0.4) is 0 Å². The molecule has 7 nitrogen and oxygen atoms in total. The molecule has 0 spiro atoms. The van der Waals surface area contributed by atoms with Crippen molar-refractivity contribution in [2.45, 2.75) is 12.5 Å². The monoisotopic (exact) mass is 423 g/mol. The van der Waals surface area contributed by atoms with Gasteiger partial charge in [-0.2, -0.15) is 0 Å². The van der Waals surface area contributed by atoms with Gasteiger partial charge in [0, 0.05) is 10.7 Å². The van der Waals surface area contributed by atoms with Crippen LogP contribution in [0.2, 0.25) is 5.02 Å². The van der Waals surface area contributed by atoms with Gasteiger partial charge >= 0.3 is 5.97 Å². The Bertz CT molecular complexity index is 993. The minimum Gasteiger partial charge on any atom is -0.507 e. The molecule has 1 amide bonds. The van der Waals surface area contributed by atoms with Crippen LogP contribution < -0.4 is 4.90 Å². The number of carbonyl (C=O) groups is 2. The van der Waals surface area contributed by atoms with Crippen LogP contribution in [0.5, 0.6) is 5.75 Å². The number of benzene rings is 2. The number of ether oxygens (including phenoxy) is 1. The molecule has 3 rings (SSSR count). The molecule has 1 N–H and O–H groups in total. The standard InChI is InChI=1S/C19H18ClNO6S/c20-13-6-7-16(17(22)10-13)19(24)27-11-18(23)21(14-4-2-1-3-5-14)15-8-9-28(25,26)12-15/h1-7,10,15,22H,8-9,11-12H2/t15-/m1/s1. The lowest BCUT2D eigenvalue weighted by molar-refractivity contribution is -0.122. The van der Waals surface area contributed by atoms with Gasteiger partial charge in [0.2, 0.25) is 0 Å². The Morgan fingerprint density at radius 2 is 1.89 bits per heavy atom. The summed E-state index contributed by atoms with van der Waals surface area (Å²) in [5.74, 6) is -1.91. The van der Waals surface area contributed by atoms with Gasteiger partial charge in [-0.1, -0.05) is 29.8 Å². The van der Waals surface area contributed by atoms with Crippen LogP contribution in [-0.4, -0.2) is 49.6 Å². The number of para-hydroxylation sites is 1. The van der Waals surface area contributed by atoms with E-state index in [9.17, 15) is 23.1 Å². The van der Waals surface area contributed by atoms with Crippen molar-refractivity contribution in [2.24, 2.45) is 0 Å². The minimum atomic E-state index is -3.21. The molecule has 1 aliphatic rings. The maximum atomic E-state index is 12.8. The highest BCUT2D eigenvalue weighted by Crippen LogP contribution is 2.25. The Kier molecular flexibility index (Phi) is 5.90. The molecule has 1 saturated heterocycles. The molecule has 1 atom stereocenters. The Labute approximate surface area is 167 Å². The van der Waals surface area contributed by atoms with Crippen molar-refractivity contribution in [3.63, 3.8) is 0 Å². The number of esters is 1. The Balaban J connectivity index is 1.75. The van der Waals surface area contributed by atoms with Crippen molar-refractivity contribution in [1.29, 1.82) is 0 Å². The highest BCUT2D eigenvalue weighted by Gasteiger charge is 2.35. The van der Waals surface area contributed by atoms with Gasteiger partial charge in [0.1, 0.15) is 11.3 Å². The summed E-state index contributed by atoms with van der Waals surface area (Å²) in [7, 11) is -3.21. The molecule has 0 saturated carbocycles. The van der Waals surface area contributed by atoms with Crippen molar-refractivity contribution < 1.29 is 27.9 Å². The number of phenolic OH excluding ortho intramolecular Hbond substituents is 1. The van der Waals surface area contributed by atoms with Crippen molar-refractivity contribution in [2.75, 3.05) is 23.0 Å². The number of sulfone groups is 1. The van der Waals surface area contributed by atoms with E-state index in [2.05, 4.69) is 0 Å². The number of phenols is 1.